The molecule has 130 valence electrons. The van der Waals surface area contributed by atoms with Crippen LogP contribution in [0.1, 0.15) is 5.56 Å². The summed E-state index contributed by atoms with van der Waals surface area (Å²) < 4.78 is 11.1. The number of carbonyl (C=O) groups is 1. The van der Waals surface area contributed by atoms with Crippen molar-refractivity contribution in [1.29, 1.82) is 0 Å². The Hall–Kier alpha value is -2.94. The van der Waals surface area contributed by atoms with Crippen LogP contribution in [0, 0.1) is 10.1 Å². The number of hydrazone groups is 1. The monoisotopic (exact) mass is 407 g/mol. The van der Waals surface area contributed by atoms with E-state index >= 15 is 0 Å². The Morgan fingerprint density at radius 1 is 1.36 bits per heavy atom. The number of hydrogen-bond acceptors (Lipinski definition) is 6. The normalized spacial score (nSPS) is 10.5. The Morgan fingerprint density at radius 2 is 2.16 bits per heavy atom. The maximum absolute atomic E-state index is 11.7. The molecular formula is C16H14BrN3O5. The van der Waals surface area contributed by atoms with Gasteiger partial charge in [0, 0.05) is 6.07 Å². The predicted octanol–water partition coefficient (Wildman–Crippen LogP) is 2.90. The summed E-state index contributed by atoms with van der Waals surface area (Å²) in [6.45, 7) is -0.315. The Morgan fingerprint density at radius 3 is 2.84 bits per heavy atom. The smallest absolute Gasteiger partial charge is 0.277 e. The topological polar surface area (TPSA) is 103 Å². The van der Waals surface area contributed by atoms with E-state index in [-0.39, 0.29) is 18.0 Å². The van der Waals surface area contributed by atoms with Gasteiger partial charge in [-0.05, 0) is 45.8 Å². The Balaban J connectivity index is 1.85. The zero-order valence-electron chi connectivity index (χ0n) is 13.1. The second-order valence-corrected chi connectivity index (χ2v) is 5.58. The third-order valence-electron chi connectivity index (χ3n) is 2.98. The summed E-state index contributed by atoms with van der Waals surface area (Å²) in [6.07, 6.45) is 1.47. The van der Waals surface area contributed by atoms with Gasteiger partial charge < -0.3 is 9.47 Å². The Labute approximate surface area is 151 Å². The molecule has 0 radical (unpaired) electrons. The van der Waals surface area contributed by atoms with Crippen molar-refractivity contribution in [2.24, 2.45) is 5.10 Å². The molecule has 2 rings (SSSR count). The molecule has 0 saturated heterocycles. The summed E-state index contributed by atoms with van der Waals surface area (Å²) in [5.74, 6) is 0.425. The number of carbonyl (C=O) groups excluding carboxylic acids is 1. The average molecular weight is 408 g/mol. The van der Waals surface area contributed by atoms with E-state index in [2.05, 4.69) is 26.5 Å². The number of benzene rings is 2. The van der Waals surface area contributed by atoms with Gasteiger partial charge >= 0.3 is 0 Å². The fourth-order valence-corrected chi connectivity index (χ4v) is 2.37. The highest BCUT2D eigenvalue weighted by Gasteiger charge is 2.08. The fraction of sp³-hybridized carbons (Fsp3) is 0.125. The number of methoxy groups -OCH3 is 1. The van der Waals surface area contributed by atoms with Gasteiger partial charge in [0.1, 0.15) is 11.5 Å². The highest BCUT2D eigenvalue weighted by atomic mass is 79.9. The van der Waals surface area contributed by atoms with Gasteiger partial charge in [-0.3, -0.25) is 14.9 Å². The molecule has 1 amide bonds. The minimum Gasteiger partial charge on any atom is -0.496 e. The highest BCUT2D eigenvalue weighted by Crippen LogP contribution is 2.24. The number of hydrogen-bond donors (Lipinski definition) is 1. The first-order valence-electron chi connectivity index (χ1n) is 7.02. The molecule has 0 aliphatic heterocycles. The van der Waals surface area contributed by atoms with Crippen LogP contribution in [0.4, 0.5) is 5.69 Å². The molecule has 0 spiro atoms. The third kappa shape index (κ3) is 5.57. The van der Waals surface area contributed by atoms with Crippen molar-refractivity contribution >= 4 is 33.7 Å². The van der Waals surface area contributed by atoms with Gasteiger partial charge in [0.2, 0.25) is 0 Å². The largest absolute Gasteiger partial charge is 0.496 e. The van der Waals surface area contributed by atoms with Crippen LogP contribution < -0.4 is 14.9 Å². The molecule has 0 unspecified atom stereocenters. The number of non-ortho nitro benzene ring substituents is 1. The van der Waals surface area contributed by atoms with Gasteiger partial charge in [-0.15, -0.1) is 0 Å². The fourth-order valence-electron chi connectivity index (χ4n) is 1.81. The standard InChI is InChI=1S/C16H14BrN3O5/c1-24-15-6-5-11(7-14(15)17)9-18-19-16(21)10-25-13-4-2-3-12(8-13)20(22)23/h2-9H,10H2,1H3,(H,19,21)/b18-9+. The molecule has 0 saturated carbocycles. The number of amides is 1. The van der Waals surface area contributed by atoms with Gasteiger partial charge in [0.25, 0.3) is 11.6 Å². The number of rotatable bonds is 7. The zero-order valence-corrected chi connectivity index (χ0v) is 14.7. The van der Waals surface area contributed by atoms with Gasteiger partial charge in [-0.1, -0.05) is 6.07 Å². The molecule has 0 bridgehead atoms. The molecule has 0 atom stereocenters. The van der Waals surface area contributed by atoms with E-state index in [1.807, 2.05) is 0 Å². The minimum atomic E-state index is -0.537. The molecular weight excluding hydrogens is 394 g/mol. The number of nitro benzene ring substituents is 1. The molecule has 2 aromatic rings. The Bertz CT molecular complexity index is 810. The van der Waals surface area contributed by atoms with Gasteiger partial charge in [-0.2, -0.15) is 5.10 Å². The van der Waals surface area contributed by atoms with Crippen LogP contribution in [-0.4, -0.2) is 30.8 Å². The van der Waals surface area contributed by atoms with E-state index in [1.54, 1.807) is 25.3 Å². The SMILES string of the molecule is COc1ccc(/C=N/NC(=O)COc2cccc([N+](=O)[O-])c2)cc1Br. The summed E-state index contributed by atoms with van der Waals surface area (Å²) in [7, 11) is 1.56. The van der Waals surface area contributed by atoms with Gasteiger partial charge in [-0.25, -0.2) is 5.43 Å². The lowest BCUT2D eigenvalue weighted by Crippen LogP contribution is -2.24. The Kier molecular flexibility index (Phi) is 6.47. The number of nitrogens with one attached hydrogen (secondary N) is 1. The van der Waals surface area contributed by atoms with Crippen LogP contribution in [-0.2, 0) is 4.79 Å². The minimum absolute atomic E-state index is 0.110. The molecule has 0 heterocycles. The van der Waals surface area contributed by atoms with E-state index in [0.29, 0.717) is 5.75 Å². The van der Waals surface area contributed by atoms with Crippen molar-refractivity contribution < 1.29 is 19.2 Å². The van der Waals surface area contributed by atoms with Gasteiger partial charge in [0.05, 0.1) is 28.8 Å². The summed E-state index contributed by atoms with van der Waals surface area (Å²) in [5.41, 5.74) is 2.96. The van der Waals surface area contributed by atoms with E-state index in [0.717, 1.165) is 10.0 Å². The van der Waals surface area contributed by atoms with Gasteiger partial charge in [0.15, 0.2) is 6.61 Å². The molecule has 8 nitrogen and oxygen atoms in total. The van der Waals surface area contributed by atoms with Crippen LogP contribution in [0.5, 0.6) is 11.5 Å². The van der Waals surface area contributed by atoms with Crippen molar-refractivity contribution in [2.45, 2.75) is 0 Å². The molecule has 0 aliphatic rings. The number of nitrogens with zero attached hydrogens (tertiary/aromatic N) is 2. The summed E-state index contributed by atoms with van der Waals surface area (Å²) in [5, 5.41) is 14.5. The second-order valence-electron chi connectivity index (χ2n) is 4.73. The molecule has 2 aromatic carbocycles. The summed E-state index contributed by atoms with van der Waals surface area (Å²) >= 11 is 3.35. The molecule has 1 N–H and O–H groups in total. The number of halogens is 1. The lowest BCUT2D eigenvalue weighted by atomic mass is 10.2. The second kappa shape index (κ2) is 8.78. The quantitative estimate of drug-likeness (QED) is 0.431. The maximum atomic E-state index is 11.7. The van der Waals surface area contributed by atoms with Crippen molar-refractivity contribution in [2.75, 3.05) is 13.7 Å². The first-order valence-corrected chi connectivity index (χ1v) is 7.81. The van der Waals surface area contributed by atoms with E-state index in [1.165, 1.54) is 30.5 Å². The van der Waals surface area contributed by atoms with Crippen LogP contribution >= 0.6 is 15.9 Å². The van der Waals surface area contributed by atoms with Crippen LogP contribution in [0.2, 0.25) is 0 Å². The van der Waals surface area contributed by atoms with E-state index < -0.39 is 10.8 Å². The first kappa shape index (κ1) is 18.4. The third-order valence-corrected chi connectivity index (χ3v) is 3.60. The maximum Gasteiger partial charge on any atom is 0.277 e. The van der Waals surface area contributed by atoms with Crippen molar-refractivity contribution in [3.8, 4) is 11.5 Å². The lowest BCUT2D eigenvalue weighted by molar-refractivity contribution is -0.384. The van der Waals surface area contributed by atoms with Crippen LogP contribution in [0.15, 0.2) is 52.0 Å². The van der Waals surface area contributed by atoms with E-state index in [4.69, 9.17) is 9.47 Å². The zero-order chi connectivity index (χ0) is 18.2. The van der Waals surface area contributed by atoms with Crippen molar-refractivity contribution in [1.82, 2.24) is 5.43 Å². The van der Waals surface area contributed by atoms with Crippen molar-refractivity contribution in [3.63, 3.8) is 0 Å². The average Bonchev–Trinajstić information content (AvgIpc) is 2.60. The summed E-state index contributed by atoms with van der Waals surface area (Å²) in [6, 6.07) is 10.9. The number of nitro groups is 1. The lowest BCUT2D eigenvalue weighted by Gasteiger charge is -2.05. The molecule has 0 aliphatic carbocycles. The molecule has 25 heavy (non-hydrogen) atoms. The first-order chi connectivity index (χ1) is 12.0. The molecule has 0 aromatic heterocycles. The number of ether oxygens (including phenoxy) is 2. The van der Waals surface area contributed by atoms with E-state index in [9.17, 15) is 14.9 Å². The van der Waals surface area contributed by atoms with Crippen LogP contribution in [0.25, 0.3) is 0 Å². The molecule has 0 fully saturated rings. The summed E-state index contributed by atoms with van der Waals surface area (Å²) in [4.78, 5) is 21.8. The molecule has 9 heteroatoms. The van der Waals surface area contributed by atoms with Crippen molar-refractivity contribution in [3.05, 3.63) is 62.6 Å². The predicted molar refractivity (Wildman–Crippen MR) is 95.0 cm³/mol. The van der Waals surface area contributed by atoms with Crippen LogP contribution in [0.3, 0.4) is 0 Å². The highest BCUT2D eigenvalue weighted by molar-refractivity contribution is 9.10.